The van der Waals surface area contributed by atoms with E-state index >= 15 is 0 Å². The van der Waals surface area contributed by atoms with Gasteiger partial charge in [-0.25, -0.2) is 4.98 Å². The van der Waals surface area contributed by atoms with Crippen molar-refractivity contribution in [1.82, 2.24) is 15.3 Å². The summed E-state index contributed by atoms with van der Waals surface area (Å²) >= 11 is 0. The first-order chi connectivity index (χ1) is 15.1. The topological polar surface area (TPSA) is 66.2 Å². The lowest BCUT2D eigenvalue weighted by molar-refractivity contribution is 0.323. The smallest absolute Gasteiger partial charge is 0.224 e. The van der Waals surface area contributed by atoms with Crippen LogP contribution in [0.25, 0.3) is 11.3 Å². The highest BCUT2D eigenvalue weighted by molar-refractivity contribution is 5.58. The van der Waals surface area contributed by atoms with Gasteiger partial charge < -0.3 is 20.0 Å². The molecule has 0 radical (unpaired) electrons. The standard InChI is InChI=1S/C25H33N5O/c1-18-21(15-23(31-18)20-7-5-4-6-8-20)17-26-16-19-9-11-22(12-10-19)28-25-27-14-13-24(29-25)30(2)3/h4-8,13-15,19,22,26H,9-12,16-17H2,1-3H3,(H,27,28,29). The molecule has 1 aliphatic carbocycles. The number of nitrogens with zero attached hydrogens (tertiary/aromatic N) is 3. The van der Waals surface area contributed by atoms with E-state index in [0.717, 1.165) is 54.8 Å². The summed E-state index contributed by atoms with van der Waals surface area (Å²) in [5.74, 6) is 4.33. The summed E-state index contributed by atoms with van der Waals surface area (Å²) in [4.78, 5) is 11.0. The van der Waals surface area contributed by atoms with E-state index in [1.165, 1.54) is 18.4 Å². The zero-order valence-electron chi connectivity index (χ0n) is 18.8. The van der Waals surface area contributed by atoms with Crippen LogP contribution in [0, 0.1) is 12.8 Å². The van der Waals surface area contributed by atoms with Crippen LogP contribution >= 0.6 is 0 Å². The number of aromatic nitrogens is 2. The number of hydrogen-bond acceptors (Lipinski definition) is 6. The summed E-state index contributed by atoms with van der Waals surface area (Å²) in [6.07, 6.45) is 6.58. The van der Waals surface area contributed by atoms with Gasteiger partial charge in [0.05, 0.1) is 0 Å². The molecule has 2 heterocycles. The highest BCUT2D eigenvalue weighted by Gasteiger charge is 2.22. The number of hydrogen-bond donors (Lipinski definition) is 2. The lowest BCUT2D eigenvalue weighted by atomic mass is 9.86. The molecule has 0 aliphatic heterocycles. The maximum atomic E-state index is 5.97. The minimum atomic E-state index is 0.457. The Labute approximate surface area is 185 Å². The van der Waals surface area contributed by atoms with Crippen molar-refractivity contribution < 1.29 is 4.42 Å². The molecule has 31 heavy (non-hydrogen) atoms. The van der Waals surface area contributed by atoms with Gasteiger partial charge in [0, 0.05) is 44.0 Å². The summed E-state index contributed by atoms with van der Waals surface area (Å²) in [5.41, 5.74) is 2.37. The van der Waals surface area contributed by atoms with Gasteiger partial charge in [0.1, 0.15) is 17.3 Å². The van der Waals surface area contributed by atoms with Crippen LogP contribution in [0.5, 0.6) is 0 Å². The van der Waals surface area contributed by atoms with E-state index in [1.807, 2.05) is 56.4 Å². The van der Waals surface area contributed by atoms with Crippen LogP contribution in [0.15, 0.2) is 53.1 Å². The normalized spacial score (nSPS) is 18.7. The van der Waals surface area contributed by atoms with Gasteiger partial charge in [-0.05, 0) is 57.2 Å². The second kappa shape index (κ2) is 9.96. The third kappa shape index (κ3) is 5.64. The van der Waals surface area contributed by atoms with Crippen LogP contribution in [0.4, 0.5) is 11.8 Å². The largest absolute Gasteiger partial charge is 0.461 e. The molecular formula is C25H33N5O. The number of nitrogens with one attached hydrogen (secondary N) is 2. The Balaban J connectivity index is 1.21. The maximum Gasteiger partial charge on any atom is 0.224 e. The molecule has 0 unspecified atom stereocenters. The average Bonchev–Trinajstić information content (AvgIpc) is 3.16. The van der Waals surface area contributed by atoms with E-state index in [0.29, 0.717) is 12.0 Å². The number of benzene rings is 1. The van der Waals surface area contributed by atoms with Crippen LogP contribution in [-0.4, -0.2) is 36.6 Å². The molecule has 0 spiro atoms. The summed E-state index contributed by atoms with van der Waals surface area (Å²) in [5, 5.41) is 7.17. The molecule has 3 aromatic rings. The molecule has 2 aromatic heterocycles. The third-order valence-electron chi connectivity index (χ3n) is 6.11. The SMILES string of the molecule is Cc1oc(-c2ccccc2)cc1CNCC1CCC(Nc2nccc(N(C)C)n2)CC1. The Morgan fingerprint density at radius 3 is 2.58 bits per heavy atom. The fourth-order valence-corrected chi connectivity index (χ4v) is 4.21. The monoisotopic (exact) mass is 419 g/mol. The van der Waals surface area contributed by atoms with Gasteiger partial charge >= 0.3 is 0 Å². The minimum Gasteiger partial charge on any atom is -0.461 e. The van der Waals surface area contributed by atoms with Gasteiger partial charge in [-0.15, -0.1) is 0 Å². The van der Waals surface area contributed by atoms with Gasteiger partial charge in [-0.2, -0.15) is 4.98 Å². The maximum absolute atomic E-state index is 5.97. The van der Waals surface area contributed by atoms with Crippen molar-refractivity contribution in [2.75, 3.05) is 30.9 Å². The van der Waals surface area contributed by atoms with Gasteiger partial charge in [0.15, 0.2) is 0 Å². The molecule has 1 aromatic carbocycles. The van der Waals surface area contributed by atoms with Crippen molar-refractivity contribution in [3.63, 3.8) is 0 Å². The Bertz CT molecular complexity index is 961. The zero-order chi connectivity index (χ0) is 21.6. The van der Waals surface area contributed by atoms with Crippen molar-refractivity contribution in [2.45, 2.75) is 45.2 Å². The van der Waals surface area contributed by atoms with E-state index in [4.69, 9.17) is 4.42 Å². The minimum absolute atomic E-state index is 0.457. The summed E-state index contributed by atoms with van der Waals surface area (Å²) in [7, 11) is 4.00. The molecule has 0 amide bonds. The van der Waals surface area contributed by atoms with E-state index < -0.39 is 0 Å². The molecular weight excluding hydrogens is 386 g/mol. The molecule has 0 saturated heterocycles. The predicted octanol–water partition coefficient (Wildman–Crippen LogP) is 4.87. The first-order valence-electron chi connectivity index (χ1n) is 11.2. The van der Waals surface area contributed by atoms with E-state index in [-0.39, 0.29) is 0 Å². The second-order valence-corrected chi connectivity index (χ2v) is 8.68. The van der Waals surface area contributed by atoms with Crippen LogP contribution < -0.4 is 15.5 Å². The molecule has 6 heteroatoms. The predicted molar refractivity (Wildman–Crippen MR) is 126 cm³/mol. The van der Waals surface area contributed by atoms with Gasteiger partial charge in [-0.3, -0.25) is 0 Å². The van der Waals surface area contributed by atoms with Crippen LogP contribution in [-0.2, 0) is 6.54 Å². The molecule has 2 N–H and O–H groups in total. The molecule has 0 bridgehead atoms. The van der Waals surface area contributed by atoms with E-state index in [9.17, 15) is 0 Å². The molecule has 1 aliphatic rings. The number of furan rings is 1. The van der Waals surface area contributed by atoms with E-state index in [2.05, 4.69) is 38.8 Å². The first kappa shape index (κ1) is 21.4. The number of rotatable bonds is 8. The second-order valence-electron chi connectivity index (χ2n) is 8.68. The molecule has 1 saturated carbocycles. The Kier molecular flexibility index (Phi) is 6.87. The molecule has 1 fully saturated rings. The number of anilines is 2. The Morgan fingerprint density at radius 1 is 1.06 bits per heavy atom. The summed E-state index contributed by atoms with van der Waals surface area (Å²) in [6, 6.07) is 14.8. The fourth-order valence-electron chi connectivity index (χ4n) is 4.21. The van der Waals surface area contributed by atoms with Crippen molar-refractivity contribution in [3.05, 3.63) is 60.0 Å². The zero-order valence-corrected chi connectivity index (χ0v) is 18.8. The average molecular weight is 420 g/mol. The third-order valence-corrected chi connectivity index (χ3v) is 6.11. The van der Waals surface area contributed by atoms with Crippen LogP contribution in [0.2, 0.25) is 0 Å². The lowest BCUT2D eigenvalue weighted by Crippen LogP contribution is -2.31. The van der Waals surface area contributed by atoms with Gasteiger partial charge in [0.25, 0.3) is 0 Å². The van der Waals surface area contributed by atoms with Crippen molar-refractivity contribution in [1.29, 1.82) is 0 Å². The fraction of sp³-hybridized carbons (Fsp3) is 0.440. The van der Waals surface area contributed by atoms with Crippen LogP contribution in [0.1, 0.15) is 37.0 Å². The quantitative estimate of drug-likeness (QED) is 0.543. The van der Waals surface area contributed by atoms with Gasteiger partial charge in [-0.1, -0.05) is 30.3 Å². The number of aryl methyl sites for hydroxylation is 1. The lowest BCUT2D eigenvalue weighted by Gasteiger charge is -2.29. The van der Waals surface area contributed by atoms with Crippen molar-refractivity contribution >= 4 is 11.8 Å². The molecule has 164 valence electrons. The first-order valence-corrected chi connectivity index (χ1v) is 11.2. The van der Waals surface area contributed by atoms with Crippen molar-refractivity contribution in [2.24, 2.45) is 5.92 Å². The van der Waals surface area contributed by atoms with Crippen molar-refractivity contribution in [3.8, 4) is 11.3 Å². The van der Waals surface area contributed by atoms with E-state index in [1.54, 1.807) is 0 Å². The van der Waals surface area contributed by atoms with Gasteiger partial charge in [0.2, 0.25) is 5.95 Å². The summed E-state index contributed by atoms with van der Waals surface area (Å²) in [6.45, 7) is 3.95. The molecule has 6 nitrogen and oxygen atoms in total. The summed E-state index contributed by atoms with van der Waals surface area (Å²) < 4.78 is 5.97. The highest BCUT2D eigenvalue weighted by atomic mass is 16.3. The molecule has 0 atom stereocenters. The highest BCUT2D eigenvalue weighted by Crippen LogP contribution is 2.27. The van der Waals surface area contributed by atoms with Crippen LogP contribution in [0.3, 0.4) is 0 Å². The molecule has 4 rings (SSSR count). The Hall–Kier alpha value is -2.86. The Morgan fingerprint density at radius 2 is 1.84 bits per heavy atom.